The summed E-state index contributed by atoms with van der Waals surface area (Å²) in [5, 5.41) is 3.45. The third-order valence-electron chi connectivity index (χ3n) is 4.54. The second-order valence-corrected chi connectivity index (χ2v) is 6.80. The van der Waals surface area contributed by atoms with Crippen molar-refractivity contribution in [1.29, 1.82) is 0 Å². The molecule has 0 bridgehead atoms. The van der Waals surface area contributed by atoms with Gasteiger partial charge in [0.1, 0.15) is 12.4 Å². The van der Waals surface area contributed by atoms with Gasteiger partial charge >= 0.3 is 0 Å². The Hall–Kier alpha value is -2.31. The Labute approximate surface area is 148 Å². The van der Waals surface area contributed by atoms with Crippen molar-refractivity contribution in [2.75, 3.05) is 51.7 Å². The average molecular weight is 347 g/mol. The van der Waals surface area contributed by atoms with E-state index < -0.39 is 0 Å². The van der Waals surface area contributed by atoms with Crippen LogP contribution in [0.4, 0.5) is 10.1 Å². The number of piperazine rings is 1. The molecule has 0 radical (unpaired) electrons. The van der Waals surface area contributed by atoms with E-state index in [1.54, 1.807) is 19.0 Å². The predicted molar refractivity (Wildman–Crippen MR) is 97.3 cm³/mol. The largest absolute Gasteiger partial charge is 0.368 e. The molecule has 1 N–H and O–H groups in total. The number of guanidine groups is 1. The van der Waals surface area contributed by atoms with Crippen LogP contribution in [0.5, 0.6) is 0 Å². The molecular weight excluding hydrogens is 321 g/mol. The van der Waals surface area contributed by atoms with E-state index >= 15 is 0 Å². The summed E-state index contributed by atoms with van der Waals surface area (Å²) in [6, 6.07) is 7.12. The fraction of sp³-hybridized carbons (Fsp3) is 0.556. The number of rotatable bonds is 4. The number of hydrogen-bond donors (Lipinski definition) is 1. The van der Waals surface area contributed by atoms with Gasteiger partial charge < -0.3 is 20.0 Å². The lowest BCUT2D eigenvalue weighted by molar-refractivity contribution is -0.127. The molecular formula is C18H26FN5O. The fourth-order valence-corrected chi connectivity index (χ4v) is 2.76. The van der Waals surface area contributed by atoms with Crippen LogP contribution in [0.15, 0.2) is 29.3 Å². The maximum Gasteiger partial charge on any atom is 0.243 e. The Bertz CT molecular complexity index is 619. The number of hydrogen-bond acceptors (Lipinski definition) is 3. The number of carbonyl (C=O) groups is 1. The molecule has 1 aromatic rings. The number of likely N-dealkylation sites (N-methyl/N-ethyl adjacent to an activating group) is 1. The summed E-state index contributed by atoms with van der Waals surface area (Å²) < 4.78 is 13.1. The zero-order valence-corrected chi connectivity index (χ0v) is 14.9. The third kappa shape index (κ3) is 4.84. The van der Waals surface area contributed by atoms with Crippen LogP contribution in [0.25, 0.3) is 0 Å². The molecule has 2 fully saturated rings. The zero-order chi connectivity index (χ0) is 17.8. The van der Waals surface area contributed by atoms with Crippen molar-refractivity contribution < 1.29 is 9.18 Å². The van der Waals surface area contributed by atoms with Gasteiger partial charge in [-0.05, 0) is 37.1 Å². The van der Waals surface area contributed by atoms with E-state index in [1.807, 2.05) is 12.1 Å². The third-order valence-corrected chi connectivity index (χ3v) is 4.54. The van der Waals surface area contributed by atoms with Crippen LogP contribution in [0.1, 0.15) is 12.8 Å². The molecule has 1 saturated heterocycles. The number of anilines is 1. The van der Waals surface area contributed by atoms with Crippen molar-refractivity contribution in [2.45, 2.75) is 18.9 Å². The highest BCUT2D eigenvalue weighted by Gasteiger charge is 2.27. The molecule has 1 aliphatic heterocycles. The smallest absolute Gasteiger partial charge is 0.243 e. The van der Waals surface area contributed by atoms with Crippen molar-refractivity contribution in [2.24, 2.45) is 4.99 Å². The van der Waals surface area contributed by atoms with Gasteiger partial charge in [-0.3, -0.25) is 4.79 Å². The summed E-state index contributed by atoms with van der Waals surface area (Å²) >= 11 is 0. The predicted octanol–water partition coefficient (Wildman–Crippen LogP) is 1.14. The van der Waals surface area contributed by atoms with Gasteiger partial charge in [-0.15, -0.1) is 0 Å². The average Bonchev–Trinajstić information content (AvgIpc) is 3.43. The minimum absolute atomic E-state index is 0.0000418. The van der Waals surface area contributed by atoms with Gasteiger partial charge in [0.15, 0.2) is 5.96 Å². The maximum atomic E-state index is 13.1. The number of carbonyl (C=O) groups excluding carboxylic acids is 1. The first-order valence-electron chi connectivity index (χ1n) is 8.79. The van der Waals surface area contributed by atoms with Crippen LogP contribution in [-0.2, 0) is 4.79 Å². The Balaban J connectivity index is 1.60. The van der Waals surface area contributed by atoms with Crippen LogP contribution >= 0.6 is 0 Å². The highest BCUT2D eigenvalue weighted by Crippen LogP contribution is 2.20. The Morgan fingerprint density at radius 1 is 1.20 bits per heavy atom. The molecule has 0 atom stereocenters. The number of aliphatic imine (C=N–C) groups is 1. The molecule has 136 valence electrons. The van der Waals surface area contributed by atoms with Gasteiger partial charge in [-0.1, -0.05) is 0 Å². The Morgan fingerprint density at radius 2 is 1.84 bits per heavy atom. The van der Waals surface area contributed by atoms with Gasteiger partial charge in [0, 0.05) is 52.0 Å². The molecule has 0 unspecified atom stereocenters. The summed E-state index contributed by atoms with van der Waals surface area (Å²) in [6.07, 6.45) is 2.33. The lowest BCUT2D eigenvalue weighted by Gasteiger charge is -2.37. The van der Waals surface area contributed by atoms with E-state index in [-0.39, 0.29) is 18.3 Å². The normalized spacial score (nSPS) is 18.3. The quantitative estimate of drug-likeness (QED) is 0.656. The number of amides is 1. The zero-order valence-electron chi connectivity index (χ0n) is 14.9. The number of nitrogens with one attached hydrogen (secondary N) is 1. The molecule has 1 aromatic carbocycles. The lowest BCUT2D eigenvalue weighted by atomic mass is 10.2. The summed E-state index contributed by atoms with van der Waals surface area (Å²) in [5.74, 6) is 0.618. The standard InChI is InChI=1S/C18H26FN5O/c1-22(2)17(25)13-20-18(21-15-5-6-15)24-11-9-23(10-12-24)16-7-3-14(19)4-8-16/h3-4,7-8,15H,5-6,9-13H2,1-2H3,(H,20,21). The van der Waals surface area contributed by atoms with E-state index in [1.165, 1.54) is 12.1 Å². The van der Waals surface area contributed by atoms with Crippen LogP contribution in [0.2, 0.25) is 0 Å². The molecule has 3 rings (SSSR count). The highest BCUT2D eigenvalue weighted by atomic mass is 19.1. The lowest BCUT2D eigenvalue weighted by Crippen LogP contribution is -2.53. The SMILES string of the molecule is CN(C)C(=O)CN=C(NC1CC1)N1CCN(c2ccc(F)cc2)CC1. The van der Waals surface area contributed by atoms with Crippen molar-refractivity contribution in [3.63, 3.8) is 0 Å². The Morgan fingerprint density at radius 3 is 2.40 bits per heavy atom. The fourth-order valence-electron chi connectivity index (χ4n) is 2.76. The minimum Gasteiger partial charge on any atom is -0.368 e. The van der Waals surface area contributed by atoms with Crippen molar-refractivity contribution in [3.05, 3.63) is 30.1 Å². The molecule has 1 saturated carbocycles. The van der Waals surface area contributed by atoms with E-state index in [4.69, 9.17) is 0 Å². The van der Waals surface area contributed by atoms with Crippen LogP contribution < -0.4 is 10.2 Å². The first kappa shape index (κ1) is 17.5. The summed E-state index contributed by atoms with van der Waals surface area (Å²) in [5.41, 5.74) is 1.04. The molecule has 0 aromatic heterocycles. The molecule has 7 heteroatoms. The molecule has 1 amide bonds. The van der Waals surface area contributed by atoms with Gasteiger partial charge in [0.2, 0.25) is 5.91 Å². The van der Waals surface area contributed by atoms with Crippen molar-refractivity contribution >= 4 is 17.6 Å². The van der Waals surface area contributed by atoms with E-state index in [2.05, 4.69) is 20.1 Å². The second kappa shape index (κ2) is 7.72. The summed E-state index contributed by atoms with van der Waals surface area (Å²) in [4.78, 5) is 22.4. The molecule has 0 spiro atoms. The second-order valence-electron chi connectivity index (χ2n) is 6.80. The maximum absolute atomic E-state index is 13.1. The molecule has 1 heterocycles. The van der Waals surface area contributed by atoms with Crippen molar-refractivity contribution in [1.82, 2.24) is 15.1 Å². The van der Waals surface area contributed by atoms with Crippen LogP contribution in [0, 0.1) is 5.82 Å². The molecule has 1 aliphatic carbocycles. The van der Waals surface area contributed by atoms with E-state index in [0.717, 1.165) is 50.7 Å². The summed E-state index contributed by atoms with van der Waals surface area (Å²) in [6.45, 7) is 3.51. The van der Waals surface area contributed by atoms with Crippen LogP contribution in [-0.4, -0.2) is 74.5 Å². The molecule has 25 heavy (non-hydrogen) atoms. The first-order valence-corrected chi connectivity index (χ1v) is 8.79. The monoisotopic (exact) mass is 347 g/mol. The molecule has 6 nitrogen and oxygen atoms in total. The number of halogens is 1. The van der Waals surface area contributed by atoms with E-state index in [0.29, 0.717) is 6.04 Å². The minimum atomic E-state index is -0.212. The molecule has 2 aliphatic rings. The summed E-state index contributed by atoms with van der Waals surface area (Å²) in [7, 11) is 3.49. The topological polar surface area (TPSA) is 51.2 Å². The first-order chi connectivity index (χ1) is 12.0. The van der Waals surface area contributed by atoms with Gasteiger partial charge in [-0.2, -0.15) is 0 Å². The number of nitrogens with zero attached hydrogens (tertiary/aromatic N) is 4. The van der Waals surface area contributed by atoms with E-state index in [9.17, 15) is 9.18 Å². The van der Waals surface area contributed by atoms with Crippen LogP contribution in [0.3, 0.4) is 0 Å². The van der Waals surface area contributed by atoms with Crippen molar-refractivity contribution in [3.8, 4) is 0 Å². The van der Waals surface area contributed by atoms with Gasteiger partial charge in [0.25, 0.3) is 0 Å². The number of benzene rings is 1. The Kier molecular flexibility index (Phi) is 5.40. The highest BCUT2D eigenvalue weighted by molar-refractivity contribution is 5.85. The van der Waals surface area contributed by atoms with Gasteiger partial charge in [0.05, 0.1) is 0 Å². The van der Waals surface area contributed by atoms with Gasteiger partial charge in [-0.25, -0.2) is 9.38 Å².